The molecular formula is C29H29F2N3O5. The van der Waals surface area contributed by atoms with E-state index in [0.29, 0.717) is 38.0 Å². The fraction of sp³-hybridized carbons (Fsp3) is 0.310. The van der Waals surface area contributed by atoms with Crippen LogP contribution in [0.15, 0.2) is 60.8 Å². The van der Waals surface area contributed by atoms with Crippen molar-refractivity contribution in [1.29, 1.82) is 0 Å². The number of benzene rings is 2. The average Bonchev–Trinajstić information content (AvgIpc) is 2.90. The van der Waals surface area contributed by atoms with E-state index in [2.05, 4.69) is 10.3 Å². The lowest BCUT2D eigenvalue weighted by molar-refractivity contribution is -0.132. The normalized spacial score (nSPS) is 16.7. The Kier molecular flexibility index (Phi) is 8.85. The summed E-state index contributed by atoms with van der Waals surface area (Å²) in [6, 6.07) is 13.1. The molecule has 0 atom stereocenters. The Morgan fingerprint density at radius 1 is 0.974 bits per heavy atom. The van der Waals surface area contributed by atoms with Crippen LogP contribution in [0, 0.1) is 11.6 Å². The summed E-state index contributed by atoms with van der Waals surface area (Å²) in [7, 11) is 0. The number of aromatic nitrogens is 1. The predicted octanol–water partition coefficient (Wildman–Crippen LogP) is 5.17. The van der Waals surface area contributed by atoms with Crippen molar-refractivity contribution in [1.82, 2.24) is 15.2 Å². The van der Waals surface area contributed by atoms with Crippen molar-refractivity contribution in [3.8, 4) is 17.4 Å². The molecule has 1 N–H and O–H groups in total. The summed E-state index contributed by atoms with van der Waals surface area (Å²) in [5.41, 5.74) is 0.652. The van der Waals surface area contributed by atoms with Crippen molar-refractivity contribution in [2.45, 2.75) is 58.2 Å². The molecular weight excluding hydrogens is 508 g/mol. The molecule has 1 aliphatic carbocycles. The number of carbonyl (C=O) groups is 3. The molecule has 1 aliphatic rings. The van der Waals surface area contributed by atoms with Gasteiger partial charge in [0.2, 0.25) is 11.8 Å². The smallest absolute Gasteiger partial charge is 0.308 e. The Morgan fingerprint density at radius 3 is 2.33 bits per heavy atom. The first-order chi connectivity index (χ1) is 18.7. The molecule has 0 bridgehead atoms. The van der Waals surface area contributed by atoms with Gasteiger partial charge in [0.05, 0.1) is 6.20 Å². The van der Waals surface area contributed by atoms with Crippen molar-refractivity contribution in [3.63, 3.8) is 0 Å². The number of nitrogens with one attached hydrogen (secondary N) is 1. The number of para-hydroxylation sites is 1. The molecule has 10 heteroatoms. The van der Waals surface area contributed by atoms with E-state index >= 15 is 0 Å². The van der Waals surface area contributed by atoms with Crippen LogP contribution < -0.4 is 14.8 Å². The third-order valence-corrected chi connectivity index (χ3v) is 6.53. The zero-order valence-electron chi connectivity index (χ0n) is 21.7. The highest BCUT2D eigenvalue weighted by atomic mass is 19.1. The molecule has 0 aliphatic heterocycles. The summed E-state index contributed by atoms with van der Waals surface area (Å²) in [5, 5.41) is 2.92. The molecule has 0 unspecified atom stereocenters. The van der Waals surface area contributed by atoms with E-state index in [-0.39, 0.29) is 35.2 Å². The van der Waals surface area contributed by atoms with Crippen LogP contribution in [0.3, 0.4) is 0 Å². The van der Waals surface area contributed by atoms with Gasteiger partial charge >= 0.3 is 5.97 Å². The summed E-state index contributed by atoms with van der Waals surface area (Å²) < 4.78 is 38.1. The molecule has 0 saturated heterocycles. The highest BCUT2D eigenvalue weighted by Gasteiger charge is 2.30. The number of nitrogens with zero attached hydrogens (tertiary/aromatic N) is 2. The molecule has 2 aromatic carbocycles. The lowest BCUT2D eigenvalue weighted by Crippen LogP contribution is -2.45. The summed E-state index contributed by atoms with van der Waals surface area (Å²) in [5.74, 6) is -1.64. The number of amides is 2. The van der Waals surface area contributed by atoms with Crippen LogP contribution in [0.2, 0.25) is 0 Å². The molecule has 1 heterocycles. The number of ether oxygens (including phenoxy) is 2. The second-order valence-electron chi connectivity index (χ2n) is 9.39. The minimum Gasteiger partial charge on any atom is -0.438 e. The number of carbonyl (C=O) groups excluding carboxylic acids is 3. The molecule has 1 saturated carbocycles. The molecule has 39 heavy (non-hydrogen) atoms. The first kappa shape index (κ1) is 27.7. The monoisotopic (exact) mass is 537 g/mol. The first-order valence-corrected chi connectivity index (χ1v) is 12.6. The van der Waals surface area contributed by atoms with Crippen molar-refractivity contribution < 1.29 is 32.6 Å². The van der Waals surface area contributed by atoms with Crippen molar-refractivity contribution in [2.24, 2.45) is 0 Å². The van der Waals surface area contributed by atoms with Crippen LogP contribution in [0.4, 0.5) is 8.78 Å². The van der Waals surface area contributed by atoms with Crippen LogP contribution in [0.1, 0.15) is 55.5 Å². The Morgan fingerprint density at radius 2 is 1.67 bits per heavy atom. The van der Waals surface area contributed by atoms with Crippen LogP contribution in [0.25, 0.3) is 0 Å². The van der Waals surface area contributed by atoms with Gasteiger partial charge in [-0.05, 0) is 62.1 Å². The minimum atomic E-state index is -0.693. The number of hydrogen-bond donors (Lipinski definition) is 1. The summed E-state index contributed by atoms with van der Waals surface area (Å²) in [6.07, 6.45) is 3.42. The van der Waals surface area contributed by atoms with E-state index in [1.165, 1.54) is 38.1 Å². The summed E-state index contributed by atoms with van der Waals surface area (Å²) in [6.45, 7) is 3.12. The van der Waals surface area contributed by atoms with E-state index in [0.717, 1.165) is 17.8 Å². The topological polar surface area (TPSA) is 97.8 Å². The molecule has 204 valence electrons. The van der Waals surface area contributed by atoms with Gasteiger partial charge in [-0.1, -0.05) is 18.2 Å². The van der Waals surface area contributed by atoms with Gasteiger partial charge in [0.1, 0.15) is 28.7 Å². The number of hydrogen-bond acceptors (Lipinski definition) is 6. The van der Waals surface area contributed by atoms with Gasteiger partial charge in [-0.25, -0.2) is 13.8 Å². The third kappa shape index (κ3) is 7.37. The zero-order valence-corrected chi connectivity index (χ0v) is 21.7. The van der Waals surface area contributed by atoms with Crippen molar-refractivity contribution in [3.05, 3.63) is 83.6 Å². The van der Waals surface area contributed by atoms with Gasteiger partial charge in [0.25, 0.3) is 5.91 Å². The fourth-order valence-electron chi connectivity index (χ4n) is 4.65. The van der Waals surface area contributed by atoms with Gasteiger partial charge in [-0.15, -0.1) is 0 Å². The SMILES string of the molecule is CC(=O)Oc1ccccc1CN(C(C)=O)C1CCC(NC(=O)c2cc(F)cnc2Oc2ccc(F)cc2)CC1. The van der Waals surface area contributed by atoms with Crippen LogP contribution in [0.5, 0.6) is 17.4 Å². The number of halogens is 2. The van der Waals surface area contributed by atoms with E-state index in [1.54, 1.807) is 17.0 Å². The minimum absolute atomic E-state index is 0.0609. The quantitative estimate of drug-likeness (QED) is 0.315. The van der Waals surface area contributed by atoms with Gasteiger partial charge in [0.15, 0.2) is 0 Å². The summed E-state index contributed by atoms with van der Waals surface area (Å²) >= 11 is 0. The van der Waals surface area contributed by atoms with Crippen molar-refractivity contribution >= 4 is 17.8 Å². The van der Waals surface area contributed by atoms with E-state index < -0.39 is 23.5 Å². The molecule has 1 aromatic heterocycles. The average molecular weight is 538 g/mol. The van der Waals surface area contributed by atoms with E-state index in [4.69, 9.17) is 9.47 Å². The third-order valence-electron chi connectivity index (χ3n) is 6.53. The molecule has 2 amide bonds. The molecule has 0 radical (unpaired) electrons. The predicted molar refractivity (Wildman–Crippen MR) is 138 cm³/mol. The first-order valence-electron chi connectivity index (χ1n) is 12.6. The number of esters is 1. The Bertz CT molecular complexity index is 1340. The van der Waals surface area contributed by atoms with E-state index in [1.807, 2.05) is 12.1 Å². The standard InChI is InChI=1S/C29H29F2N3O5/c1-18(35)34(17-20-5-3-4-6-27(20)38-19(2)36)24-11-9-23(10-12-24)33-28(37)26-15-22(31)16-32-29(26)39-25-13-7-21(30)8-14-25/h3-8,13-16,23-24H,9-12,17H2,1-2H3,(H,33,37). The van der Waals surface area contributed by atoms with Gasteiger partial charge in [0, 0.05) is 38.0 Å². The van der Waals surface area contributed by atoms with Crippen molar-refractivity contribution in [2.75, 3.05) is 0 Å². The Labute approximate surface area is 224 Å². The largest absolute Gasteiger partial charge is 0.438 e. The van der Waals surface area contributed by atoms with Gasteiger partial charge in [-0.3, -0.25) is 14.4 Å². The molecule has 4 rings (SSSR count). The maximum Gasteiger partial charge on any atom is 0.308 e. The second kappa shape index (κ2) is 12.5. The highest BCUT2D eigenvalue weighted by molar-refractivity contribution is 5.96. The second-order valence-corrected chi connectivity index (χ2v) is 9.39. The molecule has 3 aromatic rings. The fourth-order valence-corrected chi connectivity index (χ4v) is 4.65. The zero-order chi connectivity index (χ0) is 27.9. The number of pyridine rings is 1. The van der Waals surface area contributed by atoms with Gasteiger partial charge in [-0.2, -0.15) is 0 Å². The lowest BCUT2D eigenvalue weighted by Gasteiger charge is -2.37. The highest BCUT2D eigenvalue weighted by Crippen LogP contribution is 2.29. The lowest BCUT2D eigenvalue weighted by atomic mass is 9.89. The molecule has 0 spiro atoms. The van der Waals surface area contributed by atoms with Gasteiger partial charge < -0.3 is 19.7 Å². The van der Waals surface area contributed by atoms with Crippen LogP contribution in [-0.2, 0) is 16.1 Å². The number of rotatable bonds is 8. The maximum atomic E-state index is 14.0. The molecule has 1 fully saturated rings. The molecule has 8 nitrogen and oxygen atoms in total. The Hall–Kier alpha value is -4.34. The Balaban J connectivity index is 1.39. The van der Waals surface area contributed by atoms with E-state index in [9.17, 15) is 23.2 Å². The summed E-state index contributed by atoms with van der Waals surface area (Å²) in [4.78, 5) is 42.7. The van der Waals surface area contributed by atoms with Crippen LogP contribution in [-0.4, -0.2) is 39.8 Å². The maximum absolute atomic E-state index is 14.0. The van der Waals surface area contributed by atoms with Crippen LogP contribution >= 0.6 is 0 Å².